The van der Waals surface area contributed by atoms with E-state index in [-0.39, 0.29) is 24.0 Å². The van der Waals surface area contributed by atoms with Gasteiger partial charge in [0, 0.05) is 57.8 Å². The van der Waals surface area contributed by atoms with E-state index in [0.717, 1.165) is 56.1 Å². The second-order valence-corrected chi connectivity index (χ2v) is 5.78. The Bertz CT molecular complexity index is 476. The van der Waals surface area contributed by atoms with Gasteiger partial charge in [0.25, 0.3) is 0 Å². The molecule has 0 spiro atoms. The molecule has 2 rings (SSSR count). The van der Waals surface area contributed by atoms with E-state index in [9.17, 15) is 0 Å². The zero-order valence-corrected chi connectivity index (χ0v) is 17.3. The van der Waals surface area contributed by atoms with Crippen LogP contribution < -0.4 is 10.2 Å². The fraction of sp³-hybridized carbons (Fsp3) is 0.786. The number of methoxy groups -OCH3 is 1. The highest BCUT2D eigenvalue weighted by molar-refractivity contribution is 14.0. The summed E-state index contributed by atoms with van der Waals surface area (Å²) in [4.78, 5) is 13.8. The van der Waals surface area contributed by atoms with Crippen LogP contribution >= 0.6 is 35.5 Å². The van der Waals surface area contributed by atoms with Gasteiger partial charge in [-0.15, -0.1) is 24.0 Å². The van der Waals surface area contributed by atoms with Crippen LogP contribution in [0.1, 0.15) is 19.7 Å². The smallest absolute Gasteiger partial charge is 0.205 e. The topological polar surface area (TPSA) is 65.9 Å². The van der Waals surface area contributed by atoms with E-state index in [0.29, 0.717) is 13.2 Å². The summed E-state index contributed by atoms with van der Waals surface area (Å²) in [6.45, 7) is 10.2. The molecule has 0 unspecified atom stereocenters. The van der Waals surface area contributed by atoms with Crippen molar-refractivity contribution in [3.63, 3.8) is 0 Å². The molecule has 0 aliphatic carbocycles. The maximum atomic E-state index is 5.07. The summed E-state index contributed by atoms with van der Waals surface area (Å²) in [5, 5.41) is 4.40. The van der Waals surface area contributed by atoms with Crippen LogP contribution in [0.2, 0.25) is 0 Å². The standard InChI is InChI=1S/C14H26N6OS.HI/c1-4-12-17-14(22-18-12)20-9-7-19(8-10-20)13(15-5-2)16-6-11-21-3;/h4-11H2,1-3H3,(H,15,16);1H. The van der Waals surface area contributed by atoms with Crippen molar-refractivity contribution in [2.45, 2.75) is 20.3 Å². The lowest BCUT2D eigenvalue weighted by Gasteiger charge is -2.36. The molecule has 7 nitrogen and oxygen atoms in total. The number of rotatable bonds is 6. The summed E-state index contributed by atoms with van der Waals surface area (Å²) in [6, 6.07) is 0. The lowest BCUT2D eigenvalue weighted by atomic mass is 10.3. The Balaban J connectivity index is 0.00000264. The molecule has 1 aliphatic heterocycles. The molecule has 0 atom stereocenters. The van der Waals surface area contributed by atoms with Crippen molar-refractivity contribution in [3.8, 4) is 0 Å². The van der Waals surface area contributed by atoms with Crippen molar-refractivity contribution in [2.75, 3.05) is 57.9 Å². The second-order valence-electron chi connectivity index (χ2n) is 5.05. The number of guanidine groups is 1. The normalized spacial score (nSPS) is 15.5. The summed E-state index contributed by atoms with van der Waals surface area (Å²) in [5.41, 5.74) is 0. The number of anilines is 1. The van der Waals surface area contributed by atoms with Gasteiger partial charge in [-0.1, -0.05) is 6.92 Å². The number of nitrogens with zero attached hydrogens (tertiary/aromatic N) is 5. The van der Waals surface area contributed by atoms with E-state index in [2.05, 4.69) is 43.3 Å². The first-order valence-corrected chi connectivity index (χ1v) is 8.65. The van der Waals surface area contributed by atoms with Crippen molar-refractivity contribution in [2.24, 2.45) is 4.99 Å². The highest BCUT2D eigenvalue weighted by Crippen LogP contribution is 2.19. The van der Waals surface area contributed by atoms with Crippen LogP contribution in [0.3, 0.4) is 0 Å². The molecule has 1 saturated heterocycles. The minimum Gasteiger partial charge on any atom is -0.383 e. The van der Waals surface area contributed by atoms with E-state index >= 15 is 0 Å². The van der Waals surface area contributed by atoms with Crippen molar-refractivity contribution >= 4 is 46.6 Å². The first-order valence-electron chi connectivity index (χ1n) is 7.88. The second kappa shape index (κ2) is 11.0. The van der Waals surface area contributed by atoms with Gasteiger partial charge >= 0.3 is 0 Å². The maximum Gasteiger partial charge on any atom is 0.205 e. The van der Waals surface area contributed by atoms with Gasteiger partial charge in [-0.2, -0.15) is 4.37 Å². The SMILES string of the molecule is CCNC(=NCCOC)N1CCN(c2nc(CC)ns2)CC1.I. The van der Waals surface area contributed by atoms with Gasteiger partial charge < -0.3 is 19.9 Å². The number of halogens is 1. The minimum absolute atomic E-state index is 0. The summed E-state index contributed by atoms with van der Waals surface area (Å²) in [6.07, 6.45) is 0.896. The monoisotopic (exact) mass is 454 g/mol. The number of hydrogen-bond donors (Lipinski definition) is 1. The molecule has 1 fully saturated rings. The Labute approximate surface area is 159 Å². The summed E-state index contributed by atoms with van der Waals surface area (Å²) < 4.78 is 9.44. The number of hydrogen-bond acceptors (Lipinski definition) is 6. The Morgan fingerprint density at radius 3 is 2.61 bits per heavy atom. The van der Waals surface area contributed by atoms with Crippen molar-refractivity contribution in [3.05, 3.63) is 5.82 Å². The molecule has 0 amide bonds. The summed E-state index contributed by atoms with van der Waals surface area (Å²) in [7, 11) is 1.70. The molecule has 1 N–H and O–H groups in total. The molecule has 1 aromatic heterocycles. The first-order chi connectivity index (χ1) is 10.8. The van der Waals surface area contributed by atoms with Gasteiger partial charge in [-0.05, 0) is 6.92 Å². The highest BCUT2D eigenvalue weighted by Gasteiger charge is 2.21. The van der Waals surface area contributed by atoms with Gasteiger partial charge in [0.05, 0.1) is 13.2 Å². The molecule has 0 bridgehead atoms. The molecule has 132 valence electrons. The van der Waals surface area contributed by atoms with Gasteiger partial charge in [0.2, 0.25) is 5.13 Å². The van der Waals surface area contributed by atoms with E-state index in [1.54, 1.807) is 7.11 Å². The third-order valence-corrected chi connectivity index (χ3v) is 4.33. The Kier molecular flexibility index (Phi) is 9.72. The van der Waals surface area contributed by atoms with Crippen LogP contribution in [0, 0.1) is 0 Å². The lowest BCUT2D eigenvalue weighted by molar-refractivity contribution is 0.207. The van der Waals surface area contributed by atoms with Gasteiger partial charge in [-0.3, -0.25) is 4.99 Å². The maximum absolute atomic E-state index is 5.07. The van der Waals surface area contributed by atoms with Crippen LogP contribution in [0.4, 0.5) is 5.13 Å². The van der Waals surface area contributed by atoms with Crippen LogP contribution in [0.5, 0.6) is 0 Å². The zero-order chi connectivity index (χ0) is 15.8. The lowest BCUT2D eigenvalue weighted by Crippen LogP contribution is -2.52. The molecule has 9 heteroatoms. The quantitative estimate of drug-likeness (QED) is 0.304. The molecule has 0 saturated carbocycles. The van der Waals surface area contributed by atoms with Crippen molar-refractivity contribution < 1.29 is 4.74 Å². The third kappa shape index (κ3) is 6.03. The predicted molar refractivity (Wildman–Crippen MR) is 106 cm³/mol. The average molecular weight is 454 g/mol. The molecule has 1 aromatic rings. The molecular formula is C14H27IN6OS. The van der Waals surface area contributed by atoms with Crippen molar-refractivity contribution in [1.82, 2.24) is 19.6 Å². The van der Waals surface area contributed by atoms with Crippen molar-refractivity contribution in [1.29, 1.82) is 0 Å². The van der Waals surface area contributed by atoms with E-state index < -0.39 is 0 Å². The average Bonchev–Trinajstić information content (AvgIpc) is 3.03. The minimum atomic E-state index is 0. The number of aryl methyl sites for hydroxylation is 1. The number of aromatic nitrogens is 2. The van der Waals surface area contributed by atoms with Crippen LogP contribution in [0.15, 0.2) is 4.99 Å². The largest absolute Gasteiger partial charge is 0.383 e. The highest BCUT2D eigenvalue weighted by atomic mass is 127. The predicted octanol–water partition coefficient (Wildman–Crippen LogP) is 1.45. The number of piperazine rings is 1. The van der Waals surface area contributed by atoms with Crippen LogP contribution in [0.25, 0.3) is 0 Å². The molecule has 0 radical (unpaired) electrons. The Hall–Kier alpha value is -0.680. The summed E-state index contributed by atoms with van der Waals surface area (Å²) >= 11 is 1.50. The van der Waals surface area contributed by atoms with Crippen LogP contribution in [-0.4, -0.2) is 73.2 Å². The van der Waals surface area contributed by atoms with E-state index in [1.807, 2.05) is 0 Å². The van der Waals surface area contributed by atoms with E-state index in [1.165, 1.54) is 11.5 Å². The van der Waals surface area contributed by atoms with E-state index in [4.69, 9.17) is 4.74 Å². The number of nitrogens with one attached hydrogen (secondary N) is 1. The molecule has 0 aromatic carbocycles. The first kappa shape index (κ1) is 20.4. The zero-order valence-electron chi connectivity index (χ0n) is 14.1. The Morgan fingerprint density at radius 2 is 2.04 bits per heavy atom. The van der Waals surface area contributed by atoms with Gasteiger partial charge in [0.1, 0.15) is 5.82 Å². The van der Waals surface area contributed by atoms with Crippen LogP contribution in [-0.2, 0) is 11.2 Å². The van der Waals surface area contributed by atoms with Gasteiger partial charge in [0.15, 0.2) is 5.96 Å². The Morgan fingerprint density at radius 1 is 1.30 bits per heavy atom. The summed E-state index contributed by atoms with van der Waals surface area (Å²) in [5.74, 6) is 1.92. The molecule has 1 aliphatic rings. The molecular weight excluding hydrogens is 427 g/mol. The third-order valence-electron chi connectivity index (χ3n) is 3.52. The van der Waals surface area contributed by atoms with Gasteiger partial charge in [-0.25, -0.2) is 4.98 Å². The fourth-order valence-corrected chi connectivity index (χ4v) is 3.10. The number of ether oxygens (including phenoxy) is 1. The fourth-order valence-electron chi connectivity index (χ4n) is 2.29. The molecule has 2 heterocycles. The number of aliphatic imine (C=N–C) groups is 1. The molecule has 23 heavy (non-hydrogen) atoms.